The fourth-order valence-corrected chi connectivity index (χ4v) is 9.01. The molecule has 0 saturated heterocycles. The molecule has 1 aliphatic heterocycles. The molecule has 16 heteroatoms. The summed E-state index contributed by atoms with van der Waals surface area (Å²) in [7, 11) is 0. The van der Waals surface area contributed by atoms with Crippen LogP contribution in [0.5, 0.6) is 0 Å². The van der Waals surface area contributed by atoms with E-state index in [-0.39, 0.29) is 23.6 Å². The van der Waals surface area contributed by atoms with E-state index in [1.807, 2.05) is 78.3 Å². The van der Waals surface area contributed by atoms with Crippen LogP contribution in [0.15, 0.2) is 124 Å². The summed E-state index contributed by atoms with van der Waals surface area (Å²) >= 11 is 2.96. The van der Waals surface area contributed by atoms with Gasteiger partial charge in [-0.3, -0.25) is 24.2 Å². The summed E-state index contributed by atoms with van der Waals surface area (Å²) in [5.41, 5.74) is 2.73. The molecule has 5 heterocycles. The molecular weight excluding hydrogens is 1110 g/mol. The summed E-state index contributed by atoms with van der Waals surface area (Å²) in [6, 6.07) is 22.0. The van der Waals surface area contributed by atoms with Gasteiger partial charge in [0.05, 0.1) is 22.6 Å². The number of furan rings is 1. The number of nitrogens with zero attached hydrogens (tertiary/aromatic N) is 3. The molecule has 0 radical (unpaired) electrons. The van der Waals surface area contributed by atoms with Crippen molar-refractivity contribution in [1.82, 2.24) is 36.6 Å². The summed E-state index contributed by atoms with van der Waals surface area (Å²) in [6.07, 6.45) is 23.9. The van der Waals surface area contributed by atoms with E-state index in [1.54, 1.807) is 24.5 Å². The van der Waals surface area contributed by atoms with E-state index in [0.29, 0.717) is 32.8 Å². The Hall–Kier alpha value is -6.13. The first-order valence-corrected chi connectivity index (χ1v) is 33.0. The van der Waals surface area contributed by atoms with Crippen molar-refractivity contribution >= 4 is 58.1 Å². The van der Waals surface area contributed by atoms with Crippen LogP contribution in [-0.4, -0.2) is 85.2 Å². The van der Waals surface area contributed by atoms with E-state index in [9.17, 15) is 19.2 Å². The number of anilines is 1. The highest BCUT2D eigenvalue weighted by molar-refractivity contribution is 7.12. The molecular formula is C70H113N9O5S2. The zero-order valence-electron chi connectivity index (χ0n) is 55.8. The standard InChI is InChI=1S/C14H21NO.C13H21NO2.C13H21NOS.C11H19N3.C11H20N2.C8H11NOS/c1-14(2,3)10-7-11-15-13(16)12-8-5-4-6-9-12;2*1-13(2,3)8-4-5-9-14-12(15)11-7-6-10-16-11;1-11(2,3)6-4-7-12-10-13-8-5-9-14-10;1-11(2,3)7-5-9-13-10-6-4-8-12-10;1-2-5-9-8(10)7-4-3-6-11-7/h4-6,8-9H,7,10-11H2,1-3H3,(H,15,16);2*6-7,10H,4-5,8-9H2,1-3H3,(H,14,15);5,8-9H,4,6-7H2,1-3H3,(H,12,13,14);4,6H,5,7-9H2,1-3H3,(H,12,13);3-4,6H,2,5H2,1H3,(H,9,10). The van der Waals surface area contributed by atoms with Crippen molar-refractivity contribution in [2.75, 3.05) is 51.1 Å². The van der Waals surface area contributed by atoms with E-state index >= 15 is 0 Å². The van der Waals surface area contributed by atoms with Crippen LogP contribution >= 0.6 is 22.7 Å². The Balaban J connectivity index is 0.000000518. The summed E-state index contributed by atoms with van der Waals surface area (Å²) in [5, 5.41) is 21.9. The average Bonchev–Trinajstić information content (AvgIpc) is 4.50. The van der Waals surface area contributed by atoms with E-state index in [1.165, 1.54) is 67.5 Å². The molecule has 6 N–H and O–H groups in total. The minimum absolute atomic E-state index is 0.0227. The van der Waals surface area contributed by atoms with Gasteiger partial charge in [0, 0.05) is 57.2 Å². The van der Waals surface area contributed by atoms with Crippen LogP contribution < -0.4 is 31.9 Å². The largest absolute Gasteiger partial charge is 0.459 e. The van der Waals surface area contributed by atoms with Crippen LogP contribution in [0.25, 0.3) is 0 Å². The number of thiophene rings is 2. The normalized spacial score (nSPS) is 11.8. The number of carbonyl (C=O) groups is 4. The second-order valence-electron chi connectivity index (χ2n) is 27.4. The van der Waals surface area contributed by atoms with Gasteiger partial charge >= 0.3 is 0 Å². The first-order chi connectivity index (χ1) is 40.5. The van der Waals surface area contributed by atoms with Gasteiger partial charge in [0.2, 0.25) is 5.95 Å². The predicted octanol–water partition coefficient (Wildman–Crippen LogP) is 17.1. The number of hydrogen-bond acceptors (Lipinski definition) is 12. The van der Waals surface area contributed by atoms with Gasteiger partial charge in [-0.15, -0.1) is 22.7 Å². The lowest BCUT2D eigenvalue weighted by Gasteiger charge is -2.17. The monoisotopic (exact) mass is 1220 g/mol. The Morgan fingerprint density at radius 3 is 1.34 bits per heavy atom. The number of amidine groups is 1. The number of amides is 4. The van der Waals surface area contributed by atoms with Crippen molar-refractivity contribution in [3.05, 3.63) is 135 Å². The van der Waals surface area contributed by atoms with Gasteiger partial charge in [0.25, 0.3) is 23.6 Å². The molecule has 4 amide bonds. The first kappa shape index (κ1) is 77.9. The Kier molecular flexibility index (Phi) is 39.4. The second-order valence-corrected chi connectivity index (χ2v) is 29.3. The molecule has 86 heavy (non-hydrogen) atoms. The number of unbranched alkanes of at least 4 members (excludes halogenated alkanes) is 2. The van der Waals surface area contributed by atoms with Gasteiger partial charge in [-0.1, -0.05) is 160 Å². The molecule has 0 unspecified atom stereocenters. The molecule has 0 spiro atoms. The van der Waals surface area contributed by atoms with E-state index < -0.39 is 0 Å². The quantitative estimate of drug-likeness (QED) is 0.0326. The van der Waals surface area contributed by atoms with Crippen molar-refractivity contribution in [3.63, 3.8) is 0 Å². The average molecular weight is 1220 g/mol. The third kappa shape index (κ3) is 46.1. The maximum atomic E-state index is 11.7. The number of rotatable bonds is 24. The number of aromatic nitrogens is 2. The zero-order chi connectivity index (χ0) is 64.3. The minimum Gasteiger partial charge on any atom is -0.459 e. The van der Waals surface area contributed by atoms with Crippen molar-refractivity contribution in [1.29, 1.82) is 0 Å². The third-order valence-corrected chi connectivity index (χ3v) is 14.2. The SMILES string of the molecule is CC(C)(C)CCCCNC(=O)c1ccco1.CC(C)(C)CCCCNC(=O)c1cccs1.CC(C)(C)CCCNC(=O)c1ccccc1.CC(C)(C)CCCNC1=NCC=C1.CC(C)(C)CCCNc1ncccn1.CCCNC(=O)c1cccs1. The van der Waals surface area contributed by atoms with Crippen LogP contribution in [0.1, 0.15) is 235 Å². The lowest BCUT2D eigenvalue weighted by Crippen LogP contribution is -2.25. The topological polar surface area (TPSA) is 192 Å². The smallest absolute Gasteiger partial charge is 0.286 e. The lowest BCUT2D eigenvalue weighted by atomic mass is 9.90. The van der Waals surface area contributed by atoms with Crippen molar-refractivity contribution in [2.45, 2.75) is 194 Å². The highest BCUT2D eigenvalue weighted by Gasteiger charge is 2.14. The first-order valence-electron chi connectivity index (χ1n) is 31.2. The van der Waals surface area contributed by atoms with Crippen LogP contribution in [0, 0.1) is 27.1 Å². The van der Waals surface area contributed by atoms with Crippen molar-refractivity contribution < 1.29 is 23.6 Å². The molecule has 0 bridgehead atoms. The van der Waals surface area contributed by atoms with Gasteiger partial charge in [-0.25, -0.2) is 9.97 Å². The van der Waals surface area contributed by atoms with Gasteiger partial charge < -0.3 is 36.3 Å². The number of nitrogens with one attached hydrogen (secondary N) is 6. The number of carbonyl (C=O) groups excluding carboxylic acids is 4. The highest BCUT2D eigenvalue weighted by atomic mass is 32.1. The highest BCUT2D eigenvalue weighted by Crippen LogP contribution is 2.24. The number of hydrogen-bond donors (Lipinski definition) is 6. The lowest BCUT2D eigenvalue weighted by molar-refractivity contribution is 0.0921. The second kappa shape index (κ2) is 43.5. The Labute approximate surface area is 528 Å². The Morgan fingerprint density at radius 1 is 0.465 bits per heavy atom. The fraction of sp³-hybridized carbons (Fsp3) is 0.586. The van der Waals surface area contributed by atoms with Crippen molar-refractivity contribution in [2.24, 2.45) is 32.1 Å². The van der Waals surface area contributed by atoms with Gasteiger partial charge in [0.1, 0.15) is 5.84 Å². The third-order valence-electron chi connectivity index (χ3n) is 12.5. The maximum absolute atomic E-state index is 11.7. The molecule has 1 aliphatic rings. The molecule has 14 nitrogen and oxygen atoms in total. The van der Waals surface area contributed by atoms with E-state index in [0.717, 1.165) is 118 Å². The summed E-state index contributed by atoms with van der Waals surface area (Å²) in [6.45, 7) is 41.6. The molecule has 480 valence electrons. The summed E-state index contributed by atoms with van der Waals surface area (Å²) in [4.78, 5) is 59.9. The van der Waals surface area contributed by atoms with Gasteiger partial charge in [-0.05, 0) is 157 Å². The molecule has 6 rings (SSSR count). The van der Waals surface area contributed by atoms with Gasteiger partial charge in [-0.2, -0.15) is 0 Å². The molecule has 5 aromatic rings. The Morgan fingerprint density at radius 2 is 0.907 bits per heavy atom. The molecule has 0 saturated carbocycles. The number of aliphatic imine (C=N–C) groups is 1. The zero-order valence-corrected chi connectivity index (χ0v) is 57.4. The molecule has 0 atom stereocenters. The van der Waals surface area contributed by atoms with E-state index in [4.69, 9.17) is 4.42 Å². The van der Waals surface area contributed by atoms with Crippen LogP contribution in [0.2, 0.25) is 0 Å². The van der Waals surface area contributed by atoms with E-state index in [2.05, 4.69) is 163 Å². The molecule has 1 aromatic carbocycles. The van der Waals surface area contributed by atoms with Crippen molar-refractivity contribution in [3.8, 4) is 0 Å². The van der Waals surface area contributed by atoms with Crippen LogP contribution in [0.4, 0.5) is 5.95 Å². The predicted molar refractivity (Wildman–Crippen MR) is 366 cm³/mol. The van der Waals surface area contributed by atoms with Crippen LogP contribution in [-0.2, 0) is 0 Å². The minimum atomic E-state index is -0.124. The molecule has 0 fully saturated rings. The van der Waals surface area contributed by atoms with Gasteiger partial charge in [0.15, 0.2) is 5.76 Å². The summed E-state index contributed by atoms with van der Waals surface area (Å²) < 4.78 is 4.99. The molecule has 0 aliphatic carbocycles. The fourth-order valence-electron chi connectivity index (χ4n) is 7.73. The molecule has 4 aromatic heterocycles. The Bertz CT molecular complexity index is 2480. The summed E-state index contributed by atoms with van der Waals surface area (Å²) in [5.74, 6) is 2.16. The maximum Gasteiger partial charge on any atom is 0.286 e. The van der Waals surface area contributed by atoms with Crippen LogP contribution in [0.3, 0.4) is 0 Å². The number of benzene rings is 1.